The number of carbonyl (C=O) groups excluding carboxylic acids is 1. The van der Waals surface area contributed by atoms with Gasteiger partial charge in [-0.05, 0) is 86.3 Å². The highest BCUT2D eigenvalue weighted by Gasteiger charge is 2.64. The Kier molecular flexibility index (Phi) is 7.75. The first-order chi connectivity index (χ1) is 20.2. The lowest BCUT2D eigenvalue weighted by molar-refractivity contribution is -0.151. The van der Waals surface area contributed by atoms with Gasteiger partial charge in [-0.25, -0.2) is 27.5 Å². The van der Waals surface area contributed by atoms with Gasteiger partial charge in [0.05, 0.1) is 22.1 Å². The summed E-state index contributed by atoms with van der Waals surface area (Å²) in [6, 6.07) is 12.7. The van der Waals surface area contributed by atoms with Gasteiger partial charge >= 0.3 is 6.18 Å². The monoisotopic (exact) mass is 616 g/mol. The summed E-state index contributed by atoms with van der Waals surface area (Å²) in [6.07, 6.45) is -4.75. The zero-order chi connectivity index (χ0) is 31.2. The Morgan fingerprint density at radius 1 is 1.02 bits per heavy atom. The highest BCUT2D eigenvalue weighted by molar-refractivity contribution is 7.90. The number of nitrogens with zero attached hydrogens (tertiary/aromatic N) is 3. The number of fused-ring (bicyclic) bond motifs is 1. The van der Waals surface area contributed by atoms with E-state index < -0.39 is 39.5 Å². The second kappa shape index (κ2) is 11.1. The van der Waals surface area contributed by atoms with E-state index in [9.17, 15) is 30.8 Å². The van der Waals surface area contributed by atoms with Gasteiger partial charge in [-0.15, -0.1) is 0 Å². The number of hydrogen-bond donors (Lipinski definition) is 3. The molecule has 0 bridgehead atoms. The second-order valence-corrected chi connectivity index (χ2v) is 12.1. The number of anilines is 2. The Hall–Kier alpha value is -4.33. The number of sulfonamides is 1. The van der Waals surface area contributed by atoms with Crippen molar-refractivity contribution in [2.45, 2.75) is 62.7 Å². The number of benzene rings is 2. The van der Waals surface area contributed by atoms with E-state index in [2.05, 4.69) is 25.6 Å². The first-order valence-corrected chi connectivity index (χ1v) is 14.9. The zero-order valence-electron chi connectivity index (χ0n) is 23.4. The number of aromatic nitrogens is 3. The van der Waals surface area contributed by atoms with Gasteiger partial charge in [0.15, 0.2) is 5.82 Å². The van der Waals surface area contributed by atoms with E-state index >= 15 is 0 Å². The van der Waals surface area contributed by atoms with Crippen molar-refractivity contribution in [1.29, 1.82) is 0 Å². The van der Waals surface area contributed by atoms with Crippen LogP contribution in [-0.2, 0) is 14.8 Å². The summed E-state index contributed by atoms with van der Waals surface area (Å²) in [7, 11) is -4.05. The number of carbonyl (C=O) groups is 1. The van der Waals surface area contributed by atoms with Crippen LogP contribution in [0, 0.1) is 12.7 Å². The lowest BCUT2D eigenvalue weighted by Gasteiger charge is -2.23. The minimum atomic E-state index is -4.52. The van der Waals surface area contributed by atoms with E-state index in [1.165, 1.54) is 43.3 Å². The molecule has 1 amide bonds. The van der Waals surface area contributed by atoms with Gasteiger partial charge in [-0.1, -0.05) is 13.0 Å². The van der Waals surface area contributed by atoms with Gasteiger partial charge < -0.3 is 10.6 Å². The van der Waals surface area contributed by atoms with Crippen LogP contribution in [0.25, 0.3) is 22.3 Å². The van der Waals surface area contributed by atoms with Crippen LogP contribution >= 0.6 is 0 Å². The van der Waals surface area contributed by atoms with Gasteiger partial charge in [-0.2, -0.15) is 18.2 Å². The summed E-state index contributed by atoms with van der Waals surface area (Å²) in [5.41, 5.74) is 0.512. The summed E-state index contributed by atoms with van der Waals surface area (Å²) >= 11 is 0. The molecule has 0 saturated heterocycles. The van der Waals surface area contributed by atoms with Crippen molar-refractivity contribution >= 4 is 38.7 Å². The summed E-state index contributed by atoms with van der Waals surface area (Å²) in [6.45, 7) is 5.00. The molecule has 1 aliphatic rings. The molecule has 0 radical (unpaired) electrons. The maximum absolute atomic E-state index is 13.9. The Balaban J connectivity index is 1.49. The minimum Gasteiger partial charge on any atom is -0.354 e. The van der Waals surface area contributed by atoms with E-state index in [0.29, 0.717) is 22.4 Å². The third-order valence-electron chi connectivity index (χ3n) is 7.27. The van der Waals surface area contributed by atoms with Crippen LogP contribution in [0.3, 0.4) is 0 Å². The first-order valence-electron chi connectivity index (χ1n) is 13.4. The minimum absolute atomic E-state index is 0.00696. The van der Waals surface area contributed by atoms with E-state index in [0.717, 1.165) is 0 Å². The van der Waals surface area contributed by atoms with Crippen LogP contribution in [0.1, 0.15) is 50.3 Å². The molecule has 2 heterocycles. The number of halogens is 4. The molecule has 43 heavy (non-hydrogen) atoms. The fraction of sp³-hybridized carbons (Fsp3) is 0.310. The van der Waals surface area contributed by atoms with Crippen LogP contribution < -0.4 is 15.4 Å². The van der Waals surface area contributed by atoms with Gasteiger partial charge in [0, 0.05) is 12.0 Å². The second-order valence-electron chi connectivity index (χ2n) is 10.4. The Morgan fingerprint density at radius 3 is 2.33 bits per heavy atom. The average molecular weight is 617 g/mol. The smallest absolute Gasteiger partial charge is 0.354 e. The average Bonchev–Trinajstić information content (AvgIpc) is 3.74. The van der Waals surface area contributed by atoms with Gasteiger partial charge in [0.25, 0.3) is 10.0 Å². The highest BCUT2D eigenvalue weighted by Crippen LogP contribution is 2.51. The Bertz CT molecular complexity index is 1810. The summed E-state index contributed by atoms with van der Waals surface area (Å²) in [5, 5.41) is 5.67. The molecule has 5 rings (SSSR count). The first kappa shape index (κ1) is 30.1. The SMILES string of the molecule is CCC(=O)NS(=O)(=O)c1ccc(C(C)Nc2nc(NC3(C(F)(F)F)CC3)c3nc(-c4ccc(F)cc4)ccc3n2)c(C)c1. The molecular weight excluding hydrogens is 588 g/mol. The molecule has 2 aromatic carbocycles. The molecule has 1 aliphatic carbocycles. The van der Waals surface area contributed by atoms with Crippen LogP contribution in [0.15, 0.2) is 59.5 Å². The molecule has 2 aromatic heterocycles. The largest absolute Gasteiger partial charge is 0.411 e. The van der Waals surface area contributed by atoms with Crippen LogP contribution in [0.4, 0.5) is 29.3 Å². The highest BCUT2D eigenvalue weighted by atomic mass is 32.2. The molecule has 1 unspecified atom stereocenters. The molecule has 4 aromatic rings. The molecule has 1 atom stereocenters. The number of alkyl halides is 3. The van der Waals surface area contributed by atoms with Crippen molar-refractivity contribution < 1.29 is 30.8 Å². The van der Waals surface area contributed by atoms with Crippen LogP contribution in [0.5, 0.6) is 0 Å². The van der Waals surface area contributed by atoms with Crippen molar-refractivity contribution in [3.63, 3.8) is 0 Å². The maximum Gasteiger partial charge on any atom is 0.411 e. The van der Waals surface area contributed by atoms with Crippen LogP contribution in [0.2, 0.25) is 0 Å². The number of hydrogen-bond acceptors (Lipinski definition) is 8. The zero-order valence-corrected chi connectivity index (χ0v) is 24.2. The topological polar surface area (TPSA) is 126 Å². The van der Waals surface area contributed by atoms with Crippen LogP contribution in [-0.4, -0.2) is 41.0 Å². The molecule has 0 spiro atoms. The molecule has 9 nitrogen and oxygen atoms in total. The number of amides is 1. The van der Waals surface area contributed by atoms with Gasteiger partial charge in [-0.3, -0.25) is 4.79 Å². The van der Waals surface area contributed by atoms with Crippen molar-refractivity contribution in [2.24, 2.45) is 0 Å². The fourth-order valence-electron chi connectivity index (χ4n) is 4.63. The van der Waals surface area contributed by atoms with Crippen molar-refractivity contribution in [1.82, 2.24) is 19.7 Å². The standard InChI is InChI=1S/C29H28F4N6O3S/c1-4-24(40)39-43(41,42)20-9-10-21(16(2)15-20)17(3)34-27-36-23-12-11-22(18-5-7-19(30)8-6-18)35-25(23)26(37-27)38-28(13-14-28)29(31,32)33/h5-12,15,17H,4,13-14H2,1-3H3,(H,39,40)(H2,34,36,37,38). The number of pyridine rings is 1. The normalized spacial score (nSPS) is 15.1. The summed E-state index contributed by atoms with van der Waals surface area (Å²) in [5.74, 6) is -1.14. The van der Waals surface area contributed by atoms with Gasteiger partial charge in [0.2, 0.25) is 11.9 Å². The Labute approximate surface area is 245 Å². The lowest BCUT2D eigenvalue weighted by Crippen LogP contribution is -2.39. The maximum atomic E-state index is 13.9. The quantitative estimate of drug-likeness (QED) is 0.195. The van der Waals surface area contributed by atoms with E-state index in [1.807, 2.05) is 4.72 Å². The number of aryl methyl sites for hydroxylation is 1. The lowest BCUT2D eigenvalue weighted by atomic mass is 10.0. The molecule has 3 N–H and O–H groups in total. The van der Waals surface area contributed by atoms with Crippen molar-refractivity contribution in [3.05, 3.63) is 71.5 Å². The molecule has 226 valence electrons. The Morgan fingerprint density at radius 2 is 1.72 bits per heavy atom. The molecule has 14 heteroatoms. The fourth-order valence-corrected chi connectivity index (χ4v) is 5.77. The third-order valence-corrected chi connectivity index (χ3v) is 8.64. The predicted octanol–water partition coefficient (Wildman–Crippen LogP) is 6.03. The van der Waals surface area contributed by atoms with E-state index in [1.54, 1.807) is 32.0 Å². The molecule has 1 fully saturated rings. The van der Waals surface area contributed by atoms with Gasteiger partial charge in [0.1, 0.15) is 16.9 Å². The molecule has 0 aliphatic heterocycles. The van der Waals surface area contributed by atoms with Crippen molar-refractivity contribution in [2.75, 3.05) is 10.6 Å². The third kappa shape index (κ3) is 6.24. The predicted molar refractivity (Wildman–Crippen MR) is 153 cm³/mol. The van der Waals surface area contributed by atoms with E-state index in [-0.39, 0.29) is 47.0 Å². The summed E-state index contributed by atoms with van der Waals surface area (Å²) < 4.78 is 82.2. The summed E-state index contributed by atoms with van der Waals surface area (Å²) in [4.78, 5) is 24.9. The number of rotatable bonds is 9. The number of nitrogens with one attached hydrogen (secondary N) is 3. The van der Waals surface area contributed by atoms with Crippen molar-refractivity contribution in [3.8, 4) is 11.3 Å². The molecular formula is C29H28F4N6O3S. The molecule has 1 saturated carbocycles. The van der Waals surface area contributed by atoms with E-state index in [4.69, 9.17) is 0 Å².